The summed E-state index contributed by atoms with van der Waals surface area (Å²) in [5.41, 5.74) is 1.78. The molecule has 174 valence electrons. The van der Waals surface area contributed by atoms with Crippen LogP contribution in [0.2, 0.25) is 0 Å². The average molecular weight is 477 g/mol. The Balaban J connectivity index is 2.02. The molecule has 0 atom stereocenters. The third kappa shape index (κ3) is 5.73. The number of anilines is 2. The highest BCUT2D eigenvalue weighted by Gasteiger charge is 2.33. The fourth-order valence-corrected chi connectivity index (χ4v) is 4.68. The van der Waals surface area contributed by atoms with Gasteiger partial charge < -0.3 is 5.32 Å². The molecule has 0 unspecified atom stereocenters. The molecule has 0 radical (unpaired) electrons. The van der Waals surface area contributed by atoms with Crippen molar-refractivity contribution in [1.29, 1.82) is 0 Å². The van der Waals surface area contributed by atoms with Crippen LogP contribution in [0.15, 0.2) is 71.6 Å². The number of halogens is 3. The molecule has 3 aromatic rings. The summed E-state index contributed by atoms with van der Waals surface area (Å²) in [4.78, 5) is 12.7. The van der Waals surface area contributed by atoms with Gasteiger partial charge in [0, 0.05) is 5.69 Å². The molecule has 0 fully saturated rings. The van der Waals surface area contributed by atoms with Crippen LogP contribution in [0, 0.1) is 20.8 Å². The van der Waals surface area contributed by atoms with E-state index >= 15 is 0 Å². The Morgan fingerprint density at radius 2 is 1.55 bits per heavy atom. The molecule has 3 aromatic carbocycles. The van der Waals surface area contributed by atoms with E-state index in [0.29, 0.717) is 9.99 Å². The van der Waals surface area contributed by atoms with Crippen LogP contribution < -0.4 is 9.62 Å². The highest BCUT2D eigenvalue weighted by molar-refractivity contribution is 7.92. The zero-order chi connectivity index (χ0) is 24.4. The second-order valence-corrected chi connectivity index (χ2v) is 9.60. The molecule has 0 saturated heterocycles. The Morgan fingerprint density at radius 1 is 0.909 bits per heavy atom. The average Bonchev–Trinajstić information content (AvgIpc) is 2.74. The largest absolute Gasteiger partial charge is 0.416 e. The van der Waals surface area contributed by atoms with Crippen LogP contribution >= 0.6 is 0 Å². The van der Waals surface area contributed by atoms with Gasteiger partial charge in [0.25, 0.3) is 10.0 Å². The van der Waals surface area contributed by atoms with Gasteiger partial charge in [0.1, 0.15) is 6.54 Å². The second-order valence-electron chi connectivity index (χ2n) is 7.74. The molecule has 0 aliphatic carbocycles. The number of carbonyl (C=O) groups excluding carboxylic acids is 1. The maximum absolute atomic E-state index is 13.4. The van der Waals surface area contributed by atoms with Crippen LogP contribution in [0.3, 0.4) is 0 Å². The first kappa shape index (κ1) is 24.3. The van der Waals surface area contributed by atoms with Gasteiger partial charge in [-0.3, -0.25) is 9.10 Å². The molecule has 3 rings (SSSR count). The number of benzene rings is 3. The molecule has 0 spiro atoms. The lowest BCUT2D eigenvalue weighted by atomic mass is 10.1. The van der Waals surface area contributed by atoms with Gasteiger partial charge in [-0.2, -0.15) is 13.2 Å². The molecule has 5 nitrogen and oxygen atoms in total. The first-order chi connectivity index (χ1) is 15.4. The molecule has 33 heavy (non-hydrogen) atoms. The van der Waals surface area contributed by atoms with Crippen molar-refractivity contribution in [3.05, 3.63) is 89.0 Å². The number of amides is 1. The van der Waals surface area contributed by atoms with Crippen molar-refractivity contribution in [3.8, 4) is 0 Å². The van der Waals surface area contributed by atoms with Crippen LogP contribution in [-0.2, 0) is 21.0 Å². The predicted molar refractivity (Wildman–Crippen MR) is 122 cm³/mol. The van der Waals surface area contributed by atoms with Crippen molar-refractivity contribution in [2.45, 2.75) is 31.8 Å². The van der Waals surface area contributed by atoms with E-state index in [-0.39, 0.29) is 10.6 Å². The molecule has 1 N–H and O–H groups in total. The number of nitrogens with one attached hydrogen (secondary N) is 1. The smallest absolute Gasteiger partial charge is 0.324 e. The molecular formula is C24H23F3N2O3S. The summed E-state index contributed by atoms with van der Waals surface area (Å²) >= 11 is 0. The first-order valence-corrected chi connectivity index (χ1v) is 11.5. The molecule has 9 heteroatoms. The molecule has 0 aromatic heterocycles. The van der Waals surface area contributed by atoms with Gasteiger partial charge in [0.15, 0.2) is 0 Å². The van der Waals surface area contributed by atoms with Crippen molar-refractivity contribution in [1.82, 2.24) is 0 Å². The van der Waals surface area contributed by atoms with Crippen molar-refractivity contribution in [2.75, 3.05) is 16.2 Å². The molecule has 1 amide bonds. The minimum Gasteiger partial charge on any atom is -0.324 e. The summed E-state index contributed by atoms with van der Waals surface area (Å²) in [7, 11) is -4.33. The standard InChI is InChI=1S/C24H23F3N2O3S/c1-16-7-10-21(11-8-16)33(31,32)29(20-6-4-5-19(14-20)24(25,26)27)15-23(30)28-22-12-9-17(2)13-18(22)3/h4-14H,15H2,1-3H3,(H,28,30). The van der Waals surface area contributed by atoms with E-state index in [2.05, 4.69) is 5.32 Å². The fraction of sp³-hybridized carbons (Fsp3) is 0.208. The number of carbonyl (C=O) groups is 1. The van der Waals surface area contributed by atoms with Crippen LogP contribution in [0.5, 0.6) is 0 Å². The maximum Gasteiger partial charge on any atom is 0.416 e. The van der Waals surface area contributed by atoms with Crippen molar-refractivity contribution in [3.63, 3.8) is 0 Å². The molecule has 0 saturated carbocycles. The quantitative estimate of drug-likeness (QED) is 0.514. The van der Waals surface area contributed by atoms with Crippen molar-refractivity contribution in [2.24, 2.45) is 0 Å². The van der Waals surface area contributed by atoms with E-state index in [1.54, 1.807) is 38.1 Å². The Labute approximate surface area is 190 Å². The Kier molecular flexibility index (Phi) is 6.83. The second kappa shape index (κ2) is 9.27. The SMILES string of the molecule is Cc1ccc(S(=O)(=O)N(CC(=O)Nc2ccc(C)cc2C)c2cccc(C(F)(F)F)c2)cc1. The number of hydrogen-bond acceptors (Lipinski definition) is 3. The van der Waals surface area contributed by atoms with E-state index < -0.39 is 34.2 Å². The van der Waals surface area contributed by atoms with Gasteiger partial charge in [0.2, 0.25) is 5.91 Å². The number of aryl methyl sites for hydroxylation is 3. The van der Waals surface area contributed by atoms with Crippen molar-refractivity contribution >= 4 is 27.3 Å². The Hall–Kier alpha value is -3.33. The summed E-state index contributed by atoms with van der Waals surface area (Å²) in [6.45, 7) is 4.75. The van der Waals surface area contributed by atoms with Gasteiger partial charge in [0.05, 0.1) is 16.1 Å². The van der Waals surface area contributed by atoms with Crippen LogP contribution in [-0.4, -0.2) is 20.9 Å². The lowest BCUT2D eigenvalue weighted by Gasteiger charge is -2.25. The van der Waals surface area contributed by atoms with Crippen molar-refractivity contribution < 1.29 is 26.4 Å². The van der Waals surface area contributed by atoms with E-state index in [9.17, 15) is 26.4 Å². The fourth-order valence-electron chi connectivity index (χ4n) is 3.26. The highest BCUT2D eigenvalue weighted by Crippen LogP contribution is 2.33. The van der Waals surface area contributed by atoms with Crippen LogP contribution in [0.4, 0.5) is 24.5 Å². The number of alkyl halides is 3. The van der Waals surface area contributed by atoms with E-state index in [0.717, 1.165) is 34.9 Å². The van der Waals surface area contributed by atoms with Gasteiger partial charge in [-0.1, -0.05) is 41.5 Å². The van der Waals surface area contributed by atoms with E-state index in [1.165, 1.54) is 18.2 Å². The highest BCUT2D eigenvalue weighted by atomic mass is 32.2. The molecule has 0 bridgehead atoms. The summed E-state index contributed by atoms with van der Waals surface area (Å²) in [6, 6.07) is 15.1. The third-order valence-electron chi connectivity index (χ3n) is 5.01. The van der Waals surface area contributed by atoms with Gasteiger partial charge in [-0.15, -0.1) is 0 Å². The number of rotatable bonds is 6. The Morgan fingerprint density at radius 3 is 2.15 bits per heavy atom. The van der Waals surface area contributed by atoms with E-state index in [1.807, 2.05) is 13.0 Å². The molecule has 0 aliphatic rings. The lowest BCUT2D eigenvalue weighted by Crippen LogP contribution is -2.38. The minimum atomic E-state index is -4.67. The maximum atomic E-state index is 13.4. The van der Waals surface area contributed by atoms with Gasteiger partial charge in [-0.25, -0.2) is 8.42 Å². The number of hydrogen-bond donors (Lipinski definition) is 1. The molecule has 0 aliphatic heterocycles. The number of sulfonamides is 1. The van der Waals surface area contributed by atoms with Gasteiger partial charge >= 0.3 is 6.18 Å². The normalized spacial score (nSPS) is 11.8. The summed E-state index contributed by atoms with van der Waals surface area (Å²) in [6.07, 6.45) is -4.67. The number of nitrogens with zero attached hydrogens (tertiary/aromatic N) is 1. The van der Waals surface area contributed by atoms with E-state index in [4.69, 9.17) is 0 Å². The monoisotopic (exact) mass is 476 g/mol. The lowest BCUT2D eigenvalue weighted by molar-refractivity contribution is -0.137. The van der Waals surface area contributed by atoms with Crippen LogP contribution in [0.1, 0.15) is 22.3 Å². The topological polar surface area (TPSA) is 66.5 Å². The summed E-state index contributed by atoms with van der Waals surface area (Å²) in [5, 5.41) is 2.65. The third-order valence-corrected chi connectivity index (χ3v) is 6.80. The minimum absolute atomic E-state index is 0.134. The zero-order valence-electron chi connectivity index (χ0n) is 18.3. The summed E-state index contributed by atoms with van der Waals surface area (Å²) in [5.74, 6) is -0.685. The molecule has 0 heterocycles. The first-order valence-electron chi connectivity index (χ1n) is 10.0. The zero-order valence-corrected chi connectivity index (χ0v) is 19.1. The van der Waals surface area contributed by atoms with Crippen LogP contribution in [0.25, 0.3) is 0 Å². The summed E-state index contributed by atoms with van der Waals surface area (Å²) < 4.78 is 67.2. The molecular weight excluding hydrogens is 453 g/mol. The Bertz CT molecular complexity index is 1270. The predicted octanol–water partition coefficient (Wildman–Crippen LogP) is 5.46. The van der Waals surface area contributed by atoms with Gasteiger partial charge in [-0.05, 0) is 62.7 Å².